The van der Waals surface area contributed by atoms with Gasteiger partial charge in [-0.25, -0.2) is 4.79 Å². The van der Waals surface area contributed by atoms with Crippen molar-refractivity contribution < 1.29 is 28.6 Å². The number of esters is 1. The van der Waals surface area contributed by atoms with E-state index >= 15 is 0 Å². The molecule has 0 saturated carbocycles. The molecule has 2 N–H and O–H groups in total. The van der Waals surface area contributed by atoms with Crippen molar-refractivity contribution >= 4 is 18.0 Å². The van der Waals surface area contributed by atoms with Crippen molar-refractivity contribution in [2.45, 2.75) is 37.7 Å². The number of hydrogen-bond donors (Lipinski definition) is 2. The van der Waals surface area contributed by atoms with Gasteiger partial charge in [-0.15, -0.1) is 0 Å². The van der Waals surface area contributed by atoms with Crippen LogP contribution in [0.3, 0.4) is 0 Å². The van der Waals surface area contributed by atoms with Crippen LogP contribution in [-0.4, -0.2) is 49.9 Å². The molecule has 1 saturated heterocycles. The van der Waals surface area contributed by atoms with Gasteiger partial charge in [0.05, 0.1) is 19.6 Å². The summed E-state index contributed by atoms with van der Waals surface area (Å²) in [6.45, 7) is 0.351. The van der Waals surface area contributed by atoms with Gasteiger partial charge in [-0.1, -0.05) is 60.7 Å². The smallest absolute Gasteiger partial charge is 0.408 e. The van der Waals surface area contributed by atoms with Crippen molar-refractivity contribution in [3.8, 4) is 0 Å². The van der Waals surface area contributed by atoms with Crippen LogP contribution in [0.1, 0.15) is 17.5 Å². The number of epoxide rings is 1. The summed E-state index contributed by atoms with van der Waals surface area (Å²) >= 11 is 0. The molecule has 0 aliphatic carbocycles. The molecule has 0 unspecified atom stereocenters. The van der Waals surface area contributed by atoms with E-state index in [1.807, 2.05) is 60.7 Å². The molecule has 8 nitrogen and oxygen atoms in total. The average molecular weight is 426 g/mol. The number of benzene rings is 2. The Morgan fingerprint density at radius 1 is 0.968 bits per heavy atom. The van der Waals surface area contributed by atoms with Gasteiger partial charge >= 0.3 is 12.1 Å². The maximum Gasteiger partial charge on any atom is 0.408 e. The van der Waals surface area contributed by atoms with E-state index in [1.54, 1.807) is 0 Å². The first-order chi connectivity index (χ1) is 15.0. The second kappa shape index (κ2) is 11.1. The highest BCUT2D eigenvalue weighted by Gasteiger charge is 2.41. The fourth-order valence-electron chi connectivity index (χ4n) is 3.08. The van der Waals surface area contributed by atoms with Crippen molar-refractivity contribution in [1.29, 1.82) is 0 Å². The Morgan fingerprint density at radius 3 is 2.26 bits per heavy atom. The van der Waals surface area contributed by atoms with E-state index in [2.05, 4.69) is 15.4 Å². The molecule has 1 heterocycles. The molecule has 2 amide bonds. The molecule has 0 aromatic heterocycles. The van der Waals surface area contributed by atoms with E-state index in [9.17, 15) is 14.4 Å². The molecule has 31 heavy (non-hydrogen) atoms. The molecule has 3 atom stereocenters. The second-order valence-corrected chi connectivity index (χ2v) is 7.19. The first kappa shape index (κ1) is 22.3. The van der Waals surface area contributed by atoms with Crippen LogP contribution in [0.15, 0.2) is 60.7 Å². The van der Waals surface area contributed by atoms with Gasteiger partial charge in [-0.2, -0.15) is 0 Å². The number of alkyl carbamates (subject to hydrolysis) is 1. The summed E-state index contributed by atoms with van der Waals surface area (Å²) in [5.74, 6) is -0.712. The van der Waals surface area contributed by atoms with Crippen LogP contribution in [0.2, 0.25) is 0 Å². The summed E-state index contributed by atoms with van der Waals surface area (Å²) in [4.78, 5) is 36.3. The van der Waals surface area contributed by atoms with Gasteiger partial charge in [0.25, 0.3) is 0 Å². The molecule has 0 bridgehead atoms. The van der Waals surface area contributed by atoms with Gasteiger partial charge in [-0.05, 0) is 11.1 Å². The van der Waals surface area contributed by atoms with Crippen LogP contribution < -0.4 is 10.6 Å². The zero-order valence-corrected chi connectivity index (χ0v) is 17.3. The lowest BCUT2D eigenvalue weighted by Crippen LogP contribution is -2.49. The Morgan fingerprint density at radius 2 is 1.61 bits per heavy atom. The summed E-state index contributed by atoms with van der Waals surface area (Å²) in [7, 11) is 1.32. The van der Waals surface area contributed by atoms with Gasteiger partial charge in [0.15, 0.2) is 0 Å². The number of carbonyl (C=O) groups is 3. The van der Waals surface area contributed by atoms with E-state index in [-0.39, 0.29) is 43.7 Å². The first-order valence-electron chi connectivity index (χ1n) is 10.1. The standard InChI is InChI=1S/C23H26N2O6/c1-29-21(26)13-19-20(31-19)14-24-22(27)18(12-16-8-4-2-5-9-16)25-23(28)30-15-17-10-6-3-7-11-17/h2-11,18-20H,12-15H2,1H3,(H,24,27)(H,25,28)/t18-,19+,20+/m0/s1. The van der Waals surface area contributed by atoms with Crippen LogP contribution in [0, 0.1) is 0 Å². The molecular weight excluding hydrogens is 400 g/mol. The Bertz CT molecular complexity index is 874. The van der Waals surface area contributed by atoms with Crippen LogP contribution in [-0.2, 0) is 36.8 Å². The first-order valence-corrected chi connectivity index (χ1v) is 10.1. The molecule has 1 fully saturated rings. The zero-order valence-electron chi connectivity index (χ0n) is 17.3. The van der Waals surface area contributed by atoms with Gasteiger partial charge in [0, 0.05) is 13.0 Å². The molecule has 2 aromatic rings. The maximum absolute atomic E-state index is 12.7. The predicted octanol–water partition coefficient (Wildman–Crippen LogP) is 1.97. The molecule has 1 aliphatic heterocycles. The number of amides is 2. The third kappa shape index (κ3) is 7.42. The summed E-state index contributed by atoms with van der Waals surface area (Å²) in [6.07, 6.45) is -0.723. The van der Waals surface area contributed by atoms with Crippen molar-refractivity contribution in [2.24, 2.45) is 0 Å². The van der Waals surface area contributed by atoms with Crippen molar-refractivity contribution in [1.82, 2.24) is 10.6 Å². The second-order valence-electron chi connectivity index (χ2n) is 7.19. The van der Waals surface area contributed by atoms with Crippen LogP contribution in [0.25, 0.3) is 0 Å². The lowest BCUT2D eigenvalue weighted by atomic mass is 10.1. The van der Waals surface area contributed by atoms with Gasteiger partial charge in [0.2, 0.25) is 5.91 Å². The highest BCUT2D eigenvalue weighted by atomic mass is 16.6. The lowest BCUT2D eigenvalue weighted by molar-refractivity contribution is -0.141. The third-order valence-electron chi connectivity index (χ3n) is 4.86. The fraction of sp³-hybridized carbons (Fsp3) is 0.348. The molecule has 2 aromatic carbocycles. The molecular formula is C23H26N2O6. The van der Waals surface area contributed by atoms with Crippen molar-refractivity contribution in [2.75, 3.05) is 13.7 Å². The van der Waals surface area contributed by atoms with Gasteiger partial charge in [-0.3, -0.25) is 9.59 Å². The molecule has 0 radical (unpaired) electrons. The number of hydrogen-bond acceptors (Lipinski definition) is 6. The van der Waals surface area contributed by atoms with Gasteiger partial charge in [0.1, 0.15) is 18.8 Å². The fourth-order valence-corrected chi connectivity index (χ4v) is 3.08. The Kier molecular flexibility index (Phi) is 8.00. The highest BCUT2D eigenvalue weighted by Crippen LogP contribution is 2.24. The van der Waals surface area contributed by atoms with Crippen LogP contribution in [0.4, 0.5) is 4.79 Å². The highest BCUT2D eigenvalue weighted by molar-refractivity contribution is 5.86. The normalized spacial score (nSPS) is 17.8. The monoisotopic (exact) mass is 426 g/mol. The summed E-state index contributed by atoms with van der Waals surface area (Å²) in [6, 6.07) is 17.9. The molecule has 1 aliphatic rings. The molecule has 0 spiro atoms. The van der Waals surface area contributed by atoms with Crippen LogP contribution in [0.5, 0.6) is 0 Å². The minimum Gasteiger partial charge on any atom is -0.469 e. The topological polar surface area (TPSA) is 106 Å². The van der Waals surface area contributed by atoms with Crippen molar-refractivity contribution in [3.63, 3.8) is 0 Å². The van der Waals surface area contributed by atoms with E-state index in [0.717, 1.165) is 11.1 Å². The summed E-state index contributed by atoms with van der Waals surface area (Å²) in [5, 5.41) is 5.42. The molecule has 8 heteroatoms. The number of methoxy groups -OCH3 is 1. The molecule has 164 valence electrons. The number of ether oxygens (including phenoxy) is 3. The zero-order chi connectivity index (χ0) is 22.1. The predicted molar refractivity (Wildman–Crippen MR) is 112 cm³/mol. The number of carbonyl (C=O) groups excluding carboxylic acids is 3. The van der Waals surface area contributed by atoms with Crippen molar-refractivity contribution in [3.05, 3.63) is 71.8 Å². The van der Waals surface area contributed by atoms with E-state index in [1.165, 1.54) is 7.11 Å². The Balaban J connectivity index is 1.52. The van der Waals surface area contributed by atoms with Crippen LogP contribution >= 0.6 is 0 Å². The summed E-state index contributed by atoms with van der Waals surface area (Å²) in [5.41, 5.74) is 1.75. The van der Waals surface area contributed by atoms with E-state index in [4.69, 9.17) is 9.47 Å². The minimum atomic E-state index is -0.816. The van der Waals surface area contributed by atoms with E-state index < -0.39 is 12.1 Å². The maximum atomic E-state index is 12.7. The molecule has 3 rings (SSSR count). The summed E-state index contributed by atoms with van der Waals surface area (Å²) < 4.78 is 15.2. The quantitative estimate of drug-likeness (QED) is 0.444. The largest absolute Gasteiger partial charge is 0.469 e. The van der Waals surface area contributed by atoms with E-state index in [0.29, 0.717) is 6.42 Å². The number of rotatable bonds is 10. The number of nitrogens with one attached hydrogen (secondary N) is 2. The van der Waals surface area contributed by atoms with Gasteiger partial charge < -0.3 is 24.8 Å². The average Bonchev–Trinajstić information content (AvgIpc) is 3.54. The Labute approximate surface area is 180 Å². The Hall–Kier alpha value is -3.39. The third-order valence-corrected chi connectivity index (χ3v) is 4.86. The minimum absolute atomic E-state index is 0.109. The SMILES string of the molecule is COC(=O)C[C@H]1O[C@@H]1CNC(=O)[C@H](Cc1ccccc1)NC(=O)OCc1ccccc1. The lowest BCUT2D eigenvalue weighted by Gasteiger charge is -2.18.